The van der Waals surface area contributed by atoms with Crippen molar-refractivity contribution in [2.24, 2.45) is 0 Å². The first-order chi connectivity index (χ1) is 12.0. The molecule has 0 saturated heterocycles. The van der Waals surface area contributed by atoms with Gasteiger partial charge < -0.3 is 10.6 Å². The van der Waals surface area contributed by atoms with Crippen LogP contribution in [0.5, 0.6) is 0 Å². The normalized spacial score (nSPS) is 10.4. The van der Waals surface area contributed by atoms with E-state index >= 15 is 0 Å². The molecule has 0 fully saturated rings. The number of hydrogen-bond acceptors (Lipinski definition) is 4. The number of para-hydroxylation sites is 1. The molecule has 0 bridgehead atoms. The van der Waals surface area contributed by atoms with Gasteiger partial charge in [-0.25, -0.2) is 9.97 Å². The third-order valence-corrected chi connectivity index (χ3v) is 3.91. The zero-order chi connectivity index (χ0) is 17.8. The highest BCUT2D eigenvalue weighted by molar-refractivity contribution is 6.03. The fraction of sp³-hybridized carbons (Fsp3) is 0.150. The molecule has 0 aliphatic carbocycles. The van der Waals surface area contributed by atoms with E-state index in [1.54, 1.807) is 12.3 Å². The number of nitrogens with zero attached hydrogens (tertiary/aromatic N) is 2. The van der Waals surface area contributed by atoms with Crippen LogP contribution < -0.4 is 10.6 Å². The summed E-state index contributed by atoms with van der Waals surface area (Å²) in [6.07, 6.45) is 1.57. The Bertz CT molecular complexity index is 921. The predicted octanol–water partition coefficient (Wildman–Crippen LogP) is 4.40. The highest BCUT2D eigenvalue weighted by atomic mass is 16.1. The Morgan fingerprint density at radius 3 is 2.48 bits per heavy atom. The Balaban J connectivity index is 1.79. The predicted molar refractivity (Wildman–Crippen MR) is 100 cm³/mol. The van der Waals surface area contributed by atoms with Crippen molar-refractivity contribution >= 4 is 23.2 Å². The van der Waals surface area contributed by atoms with Crippen molar-refractivity contribution in [3.8, 4) is 0 Å². The zero-order valence-corrected chi connectivity index (χ0v) is 14.5. The quantitative estimate of drug-likeness (QED) is 0.743. The molecule has 3 rings (SSSR count). The van der Waals surface area contributed by atoms with Crippen LogP contribution in [0, 0.1) is 20.8 Å². The molecule has 1 heterocycles. The molecular formula is C20H20N4O. The molecule has 25 heavy (non-hydrogen) atoms. The fourth-order valence-electron chi connectivity index (χ4n) is 2.52. The lowest BCUT2D eigenvalue weighted by atomic mass is 10.1. The number of anilines is 3. The second-order valence-corrected chi connectivity index (χ2v) is 5.98. The largest absolute Gasteiger partial charge is 0.324 e. The van der Waals surface area contributed by atoms with E-state index in [-0.39, 0.29) is 5.91 Å². The first kappa shape index (κ1) is 16.6. The van der Waals surface area contributed by atoms with E-state index in [4.69, 9.17) is 0 Å². The third kappa shape index (κ3) is 4.01. The third-order valence-electron chi connectivity index (χ3n) is 3.91. The molecule has 0 saturated carbocycles. The van der Waals surface area contributed by atoms with Crippen LogP contribution in [0.1, 0.15) is 27.2 Å². The van der Waals surface area contributed by atoms with Gasteiger partial charge in [0.1, 0.15) is 5.69 Å². The second-order valence-electron chi connectivity index (χ2n) is 5.98. The maximum atomic E-state index is 12.5. The van der Waals surface area contributed by atoms with E-state index in [2.05, 4.69) is 20.6 Å². The highest BCUT2D eigenvalue weighted by Gasteiger charge is 2.11. The van der Waals surface area contributed by atoms with Crippen molar-refractivity contribution < 1.29 is 4.79 Å². The second kappa shape index (κ2) is 7.13. The summed E-state index contributed by atoms with van der Waals surface area (Å²) in [6, 6.07) is 15.3. The molecule has 0 unspecified atom stereocenters. The van der Waals surface area contributed by atoms with Crippen molar-refractivity contribution in [2.45, 2.75) is 20.8 Å². The fourth-order valence-corrected chi connectivity index (χ4v) is 2.52. The van der Waals surface area contributed by atoms with Gasteiger partial charge in [0.05, 0.1) is 0 Å². The summed E-state index contributed by atoms with van der Waals surface area (Å²) in [5.74, 6) is 0.129. The number of benzene rings is 2. The van der Waals surface area contributed by atoms with E-state index in [0.29, 0.717) is 11.6 Å². The van der Waals surface area contributed by atoms with Crippen molar-refractivity contribution in [2.75, 3.05) is 10.6 Å². The Kier molecular flexibility index (Phi) is 4.75. The van der Waals surface area contributed by atoms with Crippen LogP contribution in [-0.2, 0) is 0 Å². The Morgan fingerprint density at radius 2 is 1.72 bits per heavy atom. The average Bonchev–Trinajstić information content (AvgIpc) is 2.60. The van der Waals surface area contributed by atoms with Gasteiger partial charge in [0.25, 0.3) is 5.91 Å². The van der Waals surface area contributed by atoms with Crippen LogP contribution in [0.3, 0.4) is 0 Å². The zero-order valence-electron chi connectivity index (χ0n) is 14.5. The van der Waals surface area contributed by atoms with Crippen LogP contribution in [-0.4, -0.2) is 15.9 Å². The van der Waals surface area contributed by atoms with E-state index in [0.717, 1.165) is 28.1 Å². The molecule has 0 atom stereocenters. The molecule has 2 N–H and O–H groups in total. The molecule has 0 radical (unpaired) electrons. The maximum absolute atomic E-state index is 12.5. The van der Waals surface area contributed by atoms with E-state index in [1.807, 2.05) is 63.2 Å². The number of nitrogens with one attached hydrogen (secondary N) is 2. The molecule has 1 amide bonds. The lowest BCUT2D eigenvalue weighted by Gasteiger charge is -2.10. The molecule has 0 aliphatic rings. The maximum Gasteiger partial charge on any atom is 0.274 e. The summed E-state index contributed by atoms with van der Waals surface area (Å²) in [4.78, 5) is 21.0. The van der Waals surface area contributed by atoms with Crippen LogP contribution in [0.4, 0.5) is 17.3 Å². The summed E-state index contributed by atoms with van der Waals surface area (Å²) in [5, 5.41) is 6.05. The minimum absolute atomic E-state index is 0.262. The summed E-state index contributed by atoms with van der Waals surface area (Å²) in [6.45, 7) is 5.99. The van der Waals surface area contributed by atoms with Gasteiger partial charge >= 0.3 is 0 Å². The van der Waals surface area contributed by atoms with Gasteiger partial charge in [-0.2, -0.15) is 0 Å². The number of aryl methyl sites for hydroxylation is 3. The summed E-state index contributed by atoms with van der Waals surface area (Å²) >= 11 is 0. The molecule has 126 valence electrons. The summed E-state index contributed by atoms with van der Waals surface area (Å²) in [7, 11) is 0. The van der Waals surface area contributed by atoms with E-state index < -0.39 is 0 Å². The lowest BCUT2D eigenvalue weighted by molar-refractivity contribution is 0.102. The summed E-state index contributed by atoms with van der Waals surface area (Å²) < 4.78 is 0. The molecule has 2 aromatic carbocycles. The van der Waals surface area contributed by atoms with Gasteiger partial charge in [-0.1, -0.05) is 35.9 Å². The van der Waals surface area contributed by atoms with E-state index in [9.17, 15) is 4.79 Å². The Morgan fingerprint density at radius 1 is 0.920 bits per heavy atom. The number of rotatable bonds is 4. The molecule has 0 spiro atoms. The van der Waals surface area contributed by atoms with Crippen LogP contribution in [0.2, 0.25) is 0 Å². The van der Waals surface area contributed by atoms with E-state index in [1.165, 1.54) is 0 Å². The van der Waals surface area contributed by atoms with Gasteiger partial charge in [-0.05, 0) is 50.1 Å². The Hall–Kier alpha value is -3.21. The minimum atomic E-state index is -0.262. The number of hydrogen-bond donors (Lipinski definition) is 2. The minimum Gasteiger partial charge on any atom is -0.324 e. The highest BCUT2D eigenvalue weighted by Crippen LogP contribution is 2.19. The smallest absolute Gasteiger partial charge is 0.274 e. The van der Waals surface area contributed by atoms with Gasteiger partial charge in [0.15, 0.2) is 0 Å². The van der Waals surface area contributed by atoms with Gasteiger partial charge in [0.2, 0.25) is 5.95 Å². The summed E-state index contributed by atoms with van der Waals surface area (Å²) in [5.41, 5.74) is 5.25. The topological polar surface area (TPSA) is 66.9 Å². The first-order valence-corrected chi connectivity index (χ1v) is 8.07. The van der Waals surface area contributed by atoms with Crippen LogP contribution in [0.15, 0.2) is 54.7 Å². The molecule has 3 aromatic rings. The number of amides is 1. The molecule has 5 nitrogen and oxygen atoms in total. The molecular weight excluding hydrogens is 312 g/mol. The SMILES string of the molecule is Cc1ccc(NC(=O)c2ccnc(Nc3ccccc3C)n2)c(C)c1. The van der Waals surface area contributed by atoms with Crippen LogP contribution in [0.25, 0.3) is 0 Å². The Labute approximate surface area is 147 Å². The van der Waals surface area contributed by atoms with Crippen molar-refractivity contribution in [3.63, 3.8) is 0 Å². The number of carbonyl (C=O) groups is 1. The monoisotopic (exact) mass is 332 g/mol. The lowest BCUT2D eigenvalue weighted by Crippen LogP contribution is -2.15. The first-order valence-electron chi connectivity index (χ1n) is 8.07. The van der Waals surface area contributed by atoms with Gasteiger partial charge in [-0.3, -0.25) is 4.79 Å². The standard InChI is InChI=1S/C20H20N4O/c1-13-8-9-17(15(3)12-13)22-19(25)18-10-11-21-20(24-18)23-16-7-5-4-6-14(16)2/h4-12H,1-3H3,(H,22,25)(H,21,23,24). The molecule has 0 aliphatic heterocycles. The van der Waals surface area contributed by atoms with Gasteiger partial charge in [0, 0.05) is 17.6 Å². The number of aromatic nitrogens is 2. The van der Waals surface area contributed by atoms with Crippen LogP contribution >= 0.6 is 0 Å². The molecule has 1 aromatic heterocycles. The van der Waals surface area contributed by atoms with Crippen molar-refractivity contribution in [1.29, 1.82) is 0 Å². The average molecular weight is 332 g/mol. The van der Waals surface area contributed by atoms with Crippen molar-refractivity contribution in [3.05, 3.63) is 77.1 Å². The molecule has 5 heteroatoms. The van der Waals surface area contributed by atoms with Gasteiger partial charge in [-0.15, -0.1) is 0 Å². The van der Waals surface area contributed by atoms with Crippen molar-refractivity contribution in [1.82, 2.24) is 9.97 Å². The number of carbonyl (C=O) groups excluding carboxylic acids is 1.